The first kappa shape index (κ1) is 24.2. The van der Waals surface area contributed by atoms with Crippen molar-refractivity contribution in [3.8, 4) is 11.8 Å². The molecule has 10 heteroatoms. The molecule has 4 rings (SSSR count). The van der Waals surface area contributed by atoms with Crippen LogP contribution in [0.4, 0.5) is 4.79 Å². The quantitative estimate of drug-likeness (QED) is 0.595. The summed E-state index contributed by atoms with van der Waals surface area (Å²) in [4.78, 5) is 10.2. The number of nitrogens with one attached hydrogen (secondary N) is 1. The van der Waals surface area contributed by atoms with Gasteiger partial charge in [0.05, 0.1) is 21.2 Å². The van der Waals surface area contributed by atoms with Crippen LogP contribution in [0, 0.1) is 11.3 Å². The average molecular weight is 497 g/mol. The van der Waals surface area contributed by atoms with Gasteiger partial charge < -0.3 is 15.2 Å². The monoisotopic (exact) mass is 496 g/mol. The molecule has 0 bridgehead atoms. The largest absolute Gasteiger partial charge is 0.490 e. The Labute approximate surface area is 196 Å². The lowest BCUT2D eigenvalue weighted by Crippen LogP contribution is -2.33. The van der Waals surface area contributed by atoms with Gasteiger partial charge in [-0.15, -0.1) is 0 Å². The number of sulfone groups is 1. The molecule has 2 aromatic rings. The van der Waals surface area contributed by atoms with Gasteiger partial charge in [0.1, 0.15) is 17.4 Å². The SMILES string of the molecule is N#CC1(NC(=O)O)CC1.O=S(=O)(c1ccccc1Cl)[C@@H]1CC[C@@H](Oc2ccc(Cl)cc2)C1. The molecule has 7 nitrogen and oxygen atoms in total. The fourth-order valence-electron chi connectivity index (χ4n) is 3.44. The molecule has 2 aliphatic carbocycles. The van der Waals surface area contributed by atoms with Crippen LogP contribution in [0.2, 0.25) is 10.0 Å². The smallest absolute Gasteiger partial charge is 0.405 e. The zero-order valence-electron chi connectivity index (χ0n) is 17.0. The van der Waals surface area contributed by atoms with Crippen LogP contribution in [0.15, 0.2) is 53.4 Å². The summed E-state index contributed by atoms with van der Waals surface area (Å²) in [6.07, 6.45) is 1.82. The highest BCUT2D eigenvalue weighted by Gasteiger charge is 2.44. The number of nitriles is 1. The molecule has 0 aromatic heterocycles. The van der Waals surface area contributed by atoms with E-state index in [9.17, 15) is 13.2 Å². The molecule has 0 heterocycles. The van der Waals surface area contributed by atoms with E-state index in [1.165, 1.54) is 0 Å². The molecule has 32 heavy (non-hydrogen) atoms. The fourth-order valence-corrected chi connectivity index (χ4v) is 5.91. The van der Waals surface area contributed by atoms with Gasteiger partial charge in [0.25, 0.3) is 0 Å². The van der Waals surface area contributed by atoms with Gasteiger partial charge in [-0.25, -0.2) is 13.2 Å². The lowest BCUT2D eigenvalue weighted by Gasteiger charge is -2.15. The van der Waals surface area contributed by atoms with Gasteiger partial charge in [-0.1, -0.05) is 35.3 Å². The number of amides is 1. The first-order valence-corrected chi connectivity index (χ1v) is 12.3. The molecule has 2 aromatic carbocycles. The van der Waals surface area contributed by atoms with Gasteiger partial charge in [-0.05, 0) is 62.1 Å². The van der Waals surface area contributed by atoms with Crippen molar-refractivity contribution in [3.63, 3.8) is 0 Å². The molecule has 1 amide bonds. The minimum Gasteiger partial charge on any atom is -0.490 e. The van der Waals surface area contributed by atoms with Crippen LogP contribution in [-0.4, -0.2) is 36.5 Å². The normalized spacial score (nSPS) is 20.9. The number of hydrogen-bond acceptors (Lipinski definition) is 5. The van der Waals surface area contributed by atoms with E-state index in [0.29, 0.717) is 42.9 Å². The highest BCUT2D eigenvalue weighted by atomic mass is 35.5. The molecule has 0 aliphatic heterocycles. The van der Waals surface area contributed by atoms with Crippen molar-refractivity contribution in [2.24, 2.45) is 0 Å². The molecule has 2 fully saturated rings. The van der Waals surface area contributed by atoms with Gasteiger partial charge in [-0.2, -0.15) is 5.26 Å². The molecule has 2 aliphatic rings. The summed E-state index contributed by atoms with van der Waals surface area (Å²) < 4.78 is 31.3. The van der Waals surface area contributed by atoms with Crippen LogP contribution in [0.3, 0.4) is 0 Å². The second kappa shape index (κ2) is 9.99. The summed E-state index contributed by atoms with van der Waals surface area (Å²) >= 11 is 11.9. The Balaban J connectivity index is 0.000000269. The number of benzene rings is 2. The van der Waals surface area contributed by atoms with Gasteiger partial charge in [-0.3, -0.25) is 0 Å². The van der Waals surface area contributed by atoms with Crippen LogP contribution >= 0.6 is 23.2 Å². The second-order valence-corrected chi connectivity index (χ2v) is 10.8. The zero-order chi connectivity index (χ0) is 23.4. The third-order valence-corrected chi connectivity index (χ3v) is 8.31. The van der Waals surface area contributed by atoms with Crippen molar-refractivity contribution in [1.29, 1.82) is 5.26 Å². The molecule has 0 radical (unpaired) electrons. The molecule has 0 unspecified atom stereocenters. The van der Waals surface area contributed by atoms with Crippen molar-refractivity contribution >= 4 is 39.1 Å². The molecular formula is C22H22Cl2N2O5S. The summed E-state index contributed by atoms with van der Waals surface area (Å²) in [5.41, 5.74) is -0.730. The van der Waals surface area contributed by atoms with Crippen molar-refractivity contribution in [2.75, 3.05) is 0 Å². The third kappa shape index (κ3) is 6.06. The number of hydrogen-bond donors (Lipinski definition) is 2. The highest BCUT2D eigenvalue weighted by molar-refractivity contribution is 7.92. The molecule has 2 atom stereocenters. The Morgan fingerprint density at radius 3 is 2.31 bits per heavy atom. The standard InChI is InChI=1S/C17H16Cl2O3S.C5H6N2O2/c18-12-5-7-13(8-6-12)22-14-9-10-15(11-14)23(20,21)17-4-2-1-3-16(17)19;6-3-5(1-2-5)7-4(8)9/h1-8,14-15H,9-11H2;7H,1-2H2,(H,8,9)/t14-,15-;/m1./s1. The van der Waals surface area contributed by atoms with E-state index in [0.717, 1.165) is 0 Å². The minimum absolute atomic E-state index is 0.113. The van der Waals surface area contributed by atoms with Crippen molar-refractivity contribution in [1.82, 2.24) is 5.32 Å². The summed E-state index contributed by atoms with van der Waals surface area (Å²) in [6.45, 7) is 0. The molecule has 2 N–H and O–H groups in total. The van der Waals surface area contributed by atoms with Gasteiger partial charge >= 0.3 is 6.09 Å². The van der Waals surface area contributed by atoms with E-state index >= 15 is 0 Å². The highest BCUT2D eigenvalue weighted by Crippen LogP contribution is 2.35. The van der Waals surface area contributed by atoms with Gasteiger partial charge in [0.2, 0.25) is 0 Å². The number of carboxylic acid groups (broad SMARTS) is 1. The molecule has 170 valence electrons. The maximum absolute atomic E-state index is 12.7. The molecule has 0 saturated heterocycles. The van der Waals surface area contributed by atoms with E-state index in [2.05, 4.69) is 5.32 Å². The maximum Gasteiger partial charge on any atom is 0.405 e. The first-order valence-electron chi connectivity index (χ1n) is 9.98. The Hall–Kier alpha value is -2.47. The maximum atomic E-state index is 12.7. The predicted molar refractivity (Wildman–Crippen MR) is 121 cm³/mol. The summed E-state index contributed by atoms with van der Waals surface area (Å²) in [5.74, 6) is 0.704. The van der Waals surface area contributed by atoms with Crippen molar-refractivity contribution in [3.05, 3.63) is 58.6 Å². The molecule has 2 saturated carbocycles. The average Bonchev–Trinajstić information content (AvgIpc) is 3.35. The number of halogens is 2. The van der Waals surface area contributed by atoms with Crippen LogP contribution in [0.5, 0.6) is 5.75 Å². The Morgan fingerprint density at radius 2 is 1.78 bits per heavy atom. The van der Waals surface area contributed by atoms with Gasteiger partial charge in [0.15, 0.2) is 9.84 Å². The van der Waals surface area contributed by atoms with E-state index in [1.807, 2.05) is 6.07 Å². The fraction of sp³-hybridized carbons (Fsp3) is 0.364. The van der Waals surface area contributed by atoms with E-state index < -0.39 is 26.7 Å². The van der Waals surface area contributed by atoms with Crippen LogP contribution in [0.25, 0.3) is 0 Å². The number of rotatable bonds is 5. The van der Waals surface area contributed by atoms with Crippen LogP contribution in [-0.2, 0) is 9.84 Å². The number of ether oxygens (including phenoxy) is 1. The predicted octanol–water partition coefficient (Wildman–Crippen LogP) is 5.08. The number of nitrogens with zero attached hydrogens (tertiary/aromatic N) is 1. The Morgan fingerprint density at radius 1 is 1.12 bits per heavy atom. The first-order chi connectivity index (χ1) is 15.1. The van der Waals surface area contributed by atoms with Crippen molar-refractivity contribution in [2.45, 2.75) is 53.9 Å². The summed E-state index contributed by atoms with van der Waals surface area (Å²) in [5, 5.41) is 19.1. The van der Waals surface area contributed by atoms with Crippen LogP contribution < -0.4 is 10.1 Å². The summed E-state index contributed by atoms with van der Waals surface area (Å²) in [6, 6.07) is 15.6. The topological polar surface area (TPSA) is 116 Å². The number of carbonyl (C=O) groups is 1. The molecular weight excluding hydrogens is 475 g/mol. The lowest BCUT2D eigenvalue weighted by molar-refractivity contribution is 0.191. The van der Waals surface area contributed by atoms with E-state index in [-0.39, 0.29) is 16.0 Å². The molecule has 0 spiro atoms. The Bertz CT molecular complexity index is 1110. The third-order valence-electron chi connectivity index (χ3n) is 5.35. The Kier molecular flexibility index (Phi) is 7.55. The van der Waals surface area contributed by atoms with E-state index in [1.54, 1.807) is 48.5 Å². The lowest BCUT2D eigenvalue weighted by atomic mass is 10.3. The second-order valence-electron chi connectivity index (χ2n) is 7.73. The van der Waals surface area contributed by atoms with E-state index in [4.69, 9.17) is 38.3 Å². The minimum atomic E-state index is -3.43. The zero-order valence-corrected chi connectivity index (χ0v) is 19.3. The summed E-state index contributed by atoms with van der Waals surface area (Å²) in [7, 11) is -3.43. The van der Waals surface area contributed by atoms with Crippen molar-refractivity contribution < 1.29 is 23.1 Å². The van der Waals surface area contributed by atoms with Crippen LogP contribution in [0.1, 0.15) is 32.1 Å². The van der Waals surface area contributed by atoms with Gasteiger partial charge in [0, 0.05) is 11.4 Å².